The largest absolute Gasteiger partial charge is 0.444 e. The highest BCUT2D eigenvalue weighted by molar-refractivity contribution is 6.32. The first-order valence-electron chi connectivity index (χ1n) is 14.7. The van der Waals surface area contributed by atoms with Crippen LogP contribution < -0.4 is 5.32 Å². The SMILES string of the molecule is [2H]C([2H])([2H])N1C(=O)c2cccc(Cl)c2[C@H]2C[C@@H]1c1nc3ccc(-c4cnc(C(CC)NC(=O)OC(C)(C)C)nc4)cc3n12. The fourth-order valence-electron chi connectivity index (χ4n) is 5.54. The van der Waals surface area contributed by atoms with E-state index in [4.69, 9.17) is 25.4 Å². The molecule has 2 aliphatic rings. The Balaban J connectivity index is 1.38. The fourth-order valence-corrected chi connectivity index (χ4v) is 5.84. The molecule has 2 aromatic carbocycles. The normalized spacial score (nSPS) is 20.2. The number of imidazole rings is 1. The Morgan fingerprint density at radius 3 is 2.67 bits per heavy atom. The number of alkyl carbamates (subject to hydrolysis) is 1. The highest BCUT2D eigenvalue weighted by atomic mass is 35.5. The van der Waals surface area contributed by atoms with Crippen molar-refractivity contribution in [2.24, 2.45) is 0 Å². The second kappa shape index (κ2) is 9.59. The van der Waals surface area contributed by atoms with E-state index in [2.05, 4.69) is 15.3 Å². The number of nitrogens with one attached hydrogen (secondary N) is 1. The van der Waals surface area contributed by atoms with E-state index in [1.165, 1.54) is 0 Å². The lowest BCUT2D eigenvalue weighted by atomic mass is 9.98. The van der Waals surface area contributed by atoms with E-state index in [9.17, 15) is 9.59 Å². The van der Waals surface area contributed by atoms with Gasteiger partial charge in [-0.2, -0.15) is 0 Å². The van der Waals surface area contributed by atoms with Gasteiger partial charge in [0.25, 0.3) is 5.91 Å². The van der Waals surface area contributed by atoms with Crippen LogP contribution in [0.1, 0.15) is 90.3 Å². The standard InChI is InChI=1S/C30H31ClN6O3/c1-6-20(35-29(39)40-30(2,3)4)26-32-14-17(15-33-26)16-10-11-21-22(12-16)37-23-13-24(27(37)34-21)36(5)28(38)18-8-7-9-19(31)25(18)23/h7-12,14-15,20,23-24H,6,13H2,1-5H3,(H,35,39)/t20?,23-,24-/m1/s1/i5D3. The van der Waals surface area contributed by atoms with Gasteiger partial charge in [-0.05, 0) is 57.0 Å². The summed E-state index contributed by atoms with van der Waals surface area (Å²) in [5, 5.41) is 3.23. The second-order valence-corrected chi connectivity index (χ2v) is 11.5. The van der Waals surface area contributed by atoms with Gasteiger partial charge in [-0.3, -0.25) is 4.79 Å². The lowest BCUT2D eigenvalue weighted by Crippen LogP contribution is -2.35. The minimum absolute atomic E-state index is 0.286. The first-order valence-corrected chi connectivity index (χ1v) is 13.6. The van der Waals surface area contributed by atoms with Gasteiger partial charge in [-0.15, -0.1) is 0 Å². The number of amides is 2. The number of halogens is 1. The maximum absolute atomic E-state index is 13.5. The predicted molar refractivity (Wildman–Crippen MR) is 152 cm³/mol. The van der Waals surface area contributed by atoms with Gasteiger partial charge in [0.05, 0.1) is 29.2 Å². The molecule has 6 rings (SSSR count). The molecule has 0 saturated heterocycles. The Kier molecular flexibility index (Phi) is 5.46. The van der Waals surface area contributed by atoms with Crippen molar-refractivity contribution in [2.75, 3.05) is 6.98 Å². The number of nitrogens with zero attached hydrogens (tertiary/aromatic N) is 5. The van der Waals surface area contributed by atoms with Gasteiger partial charge < -0.3 is 19.5 Å². The molecular formula is C30H31ClN6O3. The summed E-state index contributed by atoms with van der Waals surface area (Å²) in [6.07, 6.45) is 3.80. The van der Waals surface area contributed by atoms with Crippen LogP contribution >= 0.6 is 11.6 Å². The van der Waals surface area contributed by atoms with Gasteiger partial charge in [-0.1, -0.05) is 30.7 Å². The molecule has 10 heteroatoms. The molecule has 9 nitrogen and oxygen atoms in total. The molecule has 4 aromatic rings. The fraction of sp³-hybridized carbons (Fsp3) is 0.367. The Bertz CT molecular complexity index is 1750. The van der Waals surface area contributed by atoms with Crippen LogP contribution in [0, 0.1) is 0 Å². The van der Waals surface area contributed by atoms with Gasteiger partial charge >= 0.3 is 6.09 Å². The zero-order valence-electron chi connectivity index (χ0n) is 25.6. The summed E-state index contributed by atoms with van der Waals surface area (Å²) in [5.74, 6) is 0.403. The highest BCUT2D eigenvalue weighted by Gasteiger charge is 2.44. The Hall–Kier alpha value is -3.98. The smallest absolute Gasteiger partial charge is 0.408 e. The quantitative estimate of drug-likeness (QED) is 0.316. The number of carbonyl (C=O) groups excluding carboxylic acids is 2. The molecule has 2 aliphatic heterocycles. The van der Waals surface area contributed by atoms with Crippen molar-refractivity contribution in [3.05, 3.63) is 76.6 Å². The second-order valence-electron chi connectivity index (χ2n) is 11.1. The van der Waals surface area contributed by atoms with Crippen molar-refractivity contribution in [2.45, 2.75) is 64.3 Å². The Morgan fingerprint density at radius 2 is 1.98 bits per heavy atom. The molecule has 2 bridgehead atoms. The first-order chi connectivity index (χ1) is 20.3. The predicted octanol–water partition coefficient (Wildman–Crippen LogP) is 6.24. The molecule has 3 atom stereocenters. The van der Waals surface area contributed by atoms with E-state index in [0.717, 1.165) is 21.5 Å². The number of ether oxygens (including phenoxy) is 1. The van der Waals surface area contributed by atoms with Crippen LogP contribution in [0.5, 0.6) is 0 Å². The Labute approximate surface area is 241 Å². The average Bonchev–Trinajstić information content (AvgIpc) is 3.43. The van der Waals surface area contributed by atoms with E-state index >= 15 is 0 Å². The highest BCUT2D eigenvalue weighted by Crippen LogP contribution is 2.49. The van der Waals surface area contributed by atoms with Gasteiger partial charge in [-0.25, -0.2) is 19.7 Å². The molecular weight excluding hydrogens is 528 g/mol. The number of hydrogen-bond donors (Lipinski definition) is 1. The van der Waals surface area contributed by atoms with Crippen molar-refractivity contribution in [3.8, 4) is 11.1 Å². The number of hydrogen-bond acceptors (Lipinski definition) is 6. The number of rotatable bonds is 4. The molecule has 0 spiro atoms. The zero-order chi connectivity index (χ0) is 30.8. The van der Waals surface area contributed by atoms with E-state index in [-0.39, 0.29) is 11.6 Å². The van der Waals surface area contributed by atoms with Crippen molar-refractivity contribution >= 4 is 34.6 Å². The summed E-state index contributed by atoms with van der Waals surface area (Å²) >= 11 is 6.67. The van der Waals surface area contributed by atoms with E-state index in [0.29, 0.717) is 40.6 Å². The van der Waals surface area contributed by atoms with Gasteiger partial charge in [0, 0.05) is 51.6 Å². The van der Waals surface area contributed by atoms with Crippen LogP contribution in [0.3, 0.4) is 0 Å². The Morgan fingerprint density at radius 1 is 1.20 bits per heavy atom. The molecule has 4 heterocycles. The number of carbonyl (C=O) groups is 2. The number of aromatic nitrogens is 4. The van der Waals surface area contributed by atoms with Gasteiger partial charge in [0.15, 0.2) is 5.82 Å². The lowest BCUT2D eigenvalue weighted by Gasteiger charge is -2.24. The van der Waals surface area contributed by atoms with Crippen LogP contribution in [0.4, 0.5) is 4.79 Å². The summed E-state index contributed by atoms with van der Waals surface area (Å²) in [4.78, 5) is 40.7. The molecule has 0 saturated carbocycles. The summed E-state index contributed by atoms with van der Waals surface area (Å²) in [5.41, 5.74) is 3.31. The first kappa shape index (κ1) is 22.8. The van der Waals surface area contributed by atoms with Crippen molar-refractivity contribution in [1.82, 2.24) is 29.7 Å². The third kappa shape index (κ3) is 4.38. The van der Waals surface area contributed by atoms with Crippen LogP contribution in [0.2, 0.25) is 5.02 Å². The van der Waals surface area contributed by atoms with E-state index < -0.39 is 36.7 Å². The van der Waals surface area contributed by atoms with Crippen LogP contribution in [0.25, 0.3) is 22.2 Å². The maximum Gasteiger partial charge on any atom is 0.408 e. The summed E-state index contributed by atoms with van der Waals surface area (Å²) in [7, 11) is 0. The van der Waals surface area contributed by atoms with Gasteiger partial charge in [0.1, 0.15) is 11.4 Å². The van der Waals surface area contributed by atoms with Crippen LogP contribution in [0.15, 0.2) is 48.8 Å². The minimum atomic E-state index is -2.66. The van der Waals surface area contributed by atoms with Crippen molar-refractivity contribution in [1.29, 1.82) is 0 Å². The molecule has 206 valence electrons. The third-order valence-electron chi connectivity index (χ3n) is 7.34. The number of benzene rings is 2. The number of fused-ring (bicyclic) bond motifs is 9. The molecule has 2 aromatic heterocycles. The van der Waals surface area contributed by atoms with E-state index in [1.807, 2.05) is 29.7 Å². The molecule has 2 amide bonds. The molecule has 1 unspecified atom stereocenters. The van der Waals surface area contributed by atoms with Crippen molar-refractivity contribution in [3.63, 3.8) is 0 Å². The molecule has 0 fully saturated rings. The monoisotopic (exact) mass is 561 g/mol. The molecule has 40 heavy (non-hydrogen) atoms. The minimum Gasteiger partial charge on any atom is -0.444 e. The molecule has 0 aliphatic carbocycles. The lowest BCUT2D eigenvalue weighted by molar-refractivity contribution is 0.0499. The summed E-state index contributed by atoms with van der Waals surface area (Å²) in [6, 6.07) is 9.22. The third-order valence-corrected chi connectivity index (χ3v) is 7.67. The molecule has 0 radical (unpaired) electrons. The van der Waals surface area contributed by atoms with Gasteiger partial charge in [0.2, 0.25) is 0 Å². The van der Waals surface area contributed by atoms with E-state index in [1.54, 1.807) is 51.4 Å². The van der Waals surface area contributed by atoms with Crippen LogP contribution in [-0.4, -0.2) is 49.0 Å². The van der Waals surface area contributed by atoms with Crippen LogP contribution in [-0.2, 0) is 4.74 Å². The zero-order valence-corrected chi connectivity index (χ0v) is 23.4. The average molecular weight is 562 g/mol. The maximum atomic E-state index is 13.5. The topological polar surface area (TPSA) is 102 Å². The molecule has 1 N–H and O–H groups in total. The summed E-state index contributed by atoms with van der Waals surface area (Å²) in [6.45, 7) is 4.67. The summed E-state index contributed by atoms with van der Waals surface area (Å²) < 4.78 is 31.9. The van der Waals surface area contributed by atoms with Crippen molar-refractivity contribution < 1.29 is 18.4 Å².